The van der Waals surface area contributed by atoms with Gasteiger partial charge in [0.15, 0.2) is 5.78 Å². The van der Waals surface area contributed by atoms with Gasteiger partial charge in [-0.15, -0.1) is 0 Å². The van der Waals surface area contributed by atoms with Crippen molar-refractivity contribution < 1.29 is 14.7 Å². The lowest BCUT2D eigenvalue weighted by Crippen LogP contribution is -2.36. The number of ketones is 1. The van der Waals surface area contributed by atoms with E-state index in [1.807, 2.05) is 19.9 Å². The number of carboxylic acids is 1. The highest BCUT2D eigenvalue weighted by Gasteiger charge is 2.45. The number of carbonyl (C=O) groups is 2. The summed E-state index contributed by atoms with van der Waals surface area (Å²) < 4.78 is 0. The Balaban J connectivity index is 0.00000136. The van der Waals surface area contributed by atoms with Gasteiger partial charge in [-0.3, -0.25) is 9.59 Å². The van der Waals surface area contributed by atoms with Crippen LogP contribution in [0.2, 0.25) is 0 Å². The minimum atomic E-state index is -0.647. The van der Waals surface area contributed by atoms with Crippen molar-refractivity contribution in [1.29, 1.82) is 0 Å². The molecular formula is C25H42O3. The summed E-state index contributed by atoms with van der Waals surface area (Å²) in [6, 6.07) is 0. The Morgan fingerprint density at radius 2 is 1.82 bits per heavy atom. The first-order chi connectivity index (χ1) is 13.5. The van der Waals surface area contributed by atoms with Crippen LogP contribution >= 0.6 is 0 Å². The number of hydrogen-bond acceptors (Lipinski definition) is 2. The van der Waals surface area contributed by atoms with Crippen LogP contribution in [0.5, 0.6) is 0 Å². The van der Waals surface area contributed by atoms with Gasteiger partial charge in [-0.1, -0.05) is 52.5 Å². The summed E-state index contributed by atoms with van der Waals surface area (Å²) in [5, 5.41) is 9.08. The molecule has 0 radical (unpaired) electrons. The van der Waals surface area contributed by atoms with Crippen LogP contribution in [0.1, 0.15) is 98.3 Å². The molecule has 3 heteroatoms. The zero-order valence-electron chi connectivity index (χ0n) is 18.6. The normalized spacial score (nSPS) is 34.9. The van der Waals surface area contributed by atoms with Crippen molar-refractivity contribution in [2.45, 2.75) is 98.3 Å². The van der Waals surface area contributed by atoms with Gasteiger partial charge in [-0.25, -0.2) is 0 Å². The first-order valence-corrected chi connectivity index (χ1v) is 12.0. The molecule has 0 aromatic heterocycles. The molecule has 0 aliphatic heterocycles. The van der Waals surface area contributed by atoms with Gasteiger partial charge in [-0.05, 0) is 80.1 Å². The van der Waals surface area contributed by atoms with E-state index < -0.39 is 5.97 Å². The molecule has 3 aliphatic carbocycles. The number of carbonyl (C=O) groups excluding carboxylic acids is 1. The van der Waals surface area contributed by atoms with Crippen molar-refractivity contribution in [2.24, 2.45) is 35.5 Å². The van der Waals surface area contributed by atoms with Crippen LogP contribution in [0, 0.1) is 35.5 Å². The van der Waals surface area contributed by atoms with Crippen LogP contribution in [0.4, 0.5) is 0 Å². The molecule has 0 saturated heterocycles. The van der Waals surface area contributed by atoms with Gasteiger partial charge in [0.1, 0.15) is 0 Å². The molecule has 3 nitrogen and oxygen atoms in total. The molecule has 160 valence electrons. The van der Waals surface area contributed by atoms with Gasteiger partial charge < -0.3 is 5.11 Å². The van der Waals surface area contributed by atoms with Crippen LogP contribution in [0.3, 0.4) is 0 Å². The highest BCUT2D eigenvalue weighted by molar-refractivity contribution is 5.91. The van der Waals surface area contributed by atoms with E-state index >= 15 is 0 Å². The Kier molecular flexibility index (Phi) is 9.24. The Bertz CT molecular complexity index is 550. The van der Waals surface area contributed by atoms with E-state index in [0.29, 0.717) is 30.0 Å². The first-order valence-electron chi connectivity index (χ1n) is 12.0. The molecule has 2 saturated carbocycles. The second-order valence-corrected chi connectivity index (χ2v) is 9.08. The van der Waals surface area contributed by atoms with Crippen molar-refractivity contribution in [3.8, 4) is 0 Å². The molecule has 3 rings (SSSR count). The lowest BCUT2D eigenvalue weighted by Gasteiger charge is -2.44. The van der Waals surface area contributed by atoms with Crippen molar-refractivity contribution in [3.63, 3.8) is 0 Å². The zero-order valence-corrected chi connectivity index (χ0v) is 18.6. The third-order valence-corrected chi connectivity index (χ3v) is 7.71. The Hall–Kier alpha value is -1.12. The minimum Gasteiger partial charge on any atom is -0.481 e. The summed E-state index contributed by atoms with van der Waals surface area (Å²) in [6.45, 7) is 8.59. The predicted octanol–water partition coefficient (Wildman–Crippen LogP) is 6.66. The third-order valence-electron chi connectivity index (χ3n) is 7.71. The second-order valence-electron chi connectivity index (χ2n) is 9.08. The van der Waals surface area contributed by atoms with E-state index in [0.717, 1.165) is 43.4 Å². The standard InChI is InChI=1S/C23H36O3.C2H6/c1-3-5-17-12-18-13-19(24)9-6-16(18)14-22(17)21-10-7-15(20(21)4-2)8-11-23(25)26;1-2/h13,15-17,20-22H,3-12,14H2,1-2H3,(H,25,26);1-2H3/t15-,16?,17+,20?,21+,22-;/m1./s1. The fraction of sp³-hybridized carbons (Fsp3) is 0.840. The van der Waals surface area contributed by atoms with E-state index in [4.69, 9.17) is 5.11 Å². The Morgan fingerprint density at radius 1 is 1.07 bits per heavy atom. The highest BCUT2D eigenvalue weighted by Crippen LogP contribution is 2.54. The van der Waals surface area contributed by atoms with E-state index in [-0.39, 0.29) is 0 Å². The number of hydrogen-bond donors (Lipinski definition) is 1. The van der Waals surface area contributed by atoms with Gasteiger partial charge in [0.25, 0.3) is 0 Å². The van der Waals surface area contributed by atoms with Gasteiger partial charge in [-0.2, -0.15) is 0 Å². The Labute approximate surface area is 172 Å². The van der Waals surface area contributed by atoms with Gasteiger partial charge in [0.05, 0.1) is 0 Å². The number of aliphatic carboxylic acids is 1. The molecule has 28 heavy (non-hydrogen) atoms. The average Bonchev–Trinajstić information content (AvgIpc) is 3.10. The molecule has 0 aromatic carbocycles. The summed E-state index contributed by atoms with van der Waals surface area (Å²) in [6.07, 6.45) is 13.6. The molecule has 0 heterocycles. The van der Waals surface area contributed by atoms with Crippen molar-refractivity contribution in [1.82, 2.24) is 0 Å². The minimum absolute atomic E-state index is 0.328. The lowest BCUT2D eigenvalue weighted by atomic mass is 9.61. The lowest BCUT2D eigenvalue weighted by molar-refractivity contribution is -0.137. The monoisotopic (exact) mass is 390 g/mol. The maximum Gasteiger partial charge on any atom is 0.303 e. The highest BCUT2D eigenvalue weighted by atomic mass is 16.4. The SMILES string of the molecule is CC.CCC[C@H]1CC2=CC(=O)CCC2C[C@H]1[C@H]1CC[C@H](CCC(=O)O)C1CC. The number of rotatable bonds is 7. The van der Waals surface area contributed by atoms with Gasteiger partial charge in [0, 0.05) is 12.8 Å². The van der Waals surface area contributed by atoms with Gasteiger partial charge >= 0.3 is 5.97 Å². The fourth-order valence-electron chi connectivity index (χ4n) is 6.60. The van der Waals surface area contributed by atoms with Gasteiger partial charge in [0.2, 0.25) is 0 Å². The topological polar surface area (TPSA) is 54.4 Å². The summed E-state index contributed by atoms with van der Waals surface area (Å²) in [7, 11) is 0. The molecule has 0 amide bonds. The molecule has 6 atom stereocenters. The molecule has 2 fully saturated rings. The van der Waals surface area contributed by atoms with Crippen LogP contribution in [-0.2, 0) is 9.59 Å². The summed E-state index contributed by atoms with van der Waals surface area (Å²) in [5.74, 6) is 3.92. The number of carboxylic acid groups (broad SMARTS) is 1. The van der Waals surface area contributed by atoms with E-state index in [1.54, 1.807) is 0 Å². The van der Waals surface area contributed by atoms with Crippen molar-refractivity contribution in [3.05, 3.63) is 11.6 Å². The Morgan fingerprint density at radius 3 is 2.46 bits per heavy atom. The fourth-order valence-corrected chi connectivity index (χ4v) is 6.60. The molecule has 0 bridgehead atoms. The van der Waals surface area contributed by atoms with Crippen molar-refractivity contribution in [2.75, 3.05) is 0 Å². The molecular weight excluding hydrogens is 348 g/mol. The average molecular weight is 391 g/mol. The van der Waals surface area contributed by atoms with Crippen LogP contribution in [-0.4, -0.2) is 16.9 Å². The van der Waals surface area contributed by atoms with E-state index in [9.17, 15) is 9.59 Å². The third kappa shape index (κ3) is 5.48. The molecule has 0 spiro atoms. The predicted molar refractivity (Wildman–Crippen MR) is 115 cm³/mol. The molecule has 0 aromatic rings. The molecule has 1 N–H and O–H groups in total. The quantitative estimate of drug-likeness (QED) is 0.528. The molecule has 2 unspecified atom stereocenters. The zero-order chi connectivity index (χ0) is 20.7. The van der Waals surface area contributed by atoms with Crippen molar-refractivity contribution >= 4 is 11.8 Å². The number of allylic oxidation sites excluding steroid dienone is 2. The van der Waals surface area contributed by atoms with Crippen LogP contribution in [0.25, 0.3) is 0 Å². The van der Waals surface area contributed by atoms with E-state index in [2.05, 4.69) is 13.8 Å². The maximum absolute atomic E-state index is 11.9. The summed E-state index contributed by atoms with van der Waals surface area (Å²) >= 11 is 0. The number of fused-ring (bicyclic) bond motifs is 1. The van der Waals surface area contributed by atoms with Crippen LogP contribution < -0.4 is 0 Å². The second kappa shape index (κ2) is 11.2. The largest absolute Gasteiger partial charge is 0.481 e. The summed E-state index contributed by atoms with van der Waals surface area (Å²) in [4.78, 5) is 22.9. The summed E-state index contributed by atoms with van der Waals surface area (Å²) in [5.41, 5.74) is 1.45. The van der Waals surface area contributed by atoms with Crippen LogP contribution in [0.15, 0.2) is 11.6 Å². The smallest absolute Gasteiger partial charge is 0.303 e. The van der Waals surface area contributed by atoms with E-state index in [1.165, 1.54) is 44.1 Å². The first kappa shape index (κ1) is 23.2. The molecule has 3 aliphatic rings. The maximum atomic E-state index is 11.9.